The van der Waals surface area contributed by atoms with Crippen LogP contribution in [0.1, 0.15) is 42.2 Å². The van der Waals surface area contributed by atoms with E-state index in [2.05, 4.69) is 22.9 Å². The molecule has 6 nitrogen and oxygen atoms in total. The number of hydrogen-bond donors (Lipinski definition) is 3. The van der Waals surface area contributed by atoms with Crippen molar-refractivity contribution in [3.8, 4) is 5.75 Å². The zero-order valence-corrected chi connectivity index (χ0v) is 18.4. The van der Waals surface area contributed by atoms with E-state index in [4.69, 9.17) is 4.74 Å². The fourth-order valence-electron chi connectivity index (χ4n) is 3.12. The van der Waals surface area contributed by atoms with E-state index in [-0.39, 0.29) is 24.4 Å². The molecule has 0 aliphatic carbocycles. The topological polar surface area (TPSA) is 79.5 Å². The first kappa shape index (κ1) is 22.9. The number of amides is 2. The van der Waals surface area contributed by atoms with Gasteiger partial charge in [0, 0.05) is 16.9 Å². The molecule has 0 saturated heterocycles. The highest BCUT2D eigenvalue weighted by Crippen LogP contribution is 2.17. The summed E-state index contributed by atoms with van der Waals surface area (Å²) in [5.74, 6) is 0.430. The third-order valence-corrected chi connectivity index (χ3v) is 4.84. The Morgan fingerprint density at radius 2 is 1.66 bits per heavy atom. The van der Waals surface area contributed by atoms with E-state index in [1.807, 2.05) is 67.6 Å². The monoisotopic (exact) mass is 431 g/mol. The Labute approximate surface area is 189 Å². The van der Waals surface area contributed by atoms with E-state index >= 15 is 0 Å². The van der Waals surface area contributed by atoms with Gasteiger partial charge in [-0.05, 0) is 61.4 Å². The standard InChI is InChI=1S/C26H29N3O3/c1-3-16-32-24-14-12-22(13-15-24)29-25(30)18-27-23-11-7-10-21(17-23)26(31)28-19(2)20-8-5-4-6-9-20/h4-15,17,19,27H,3,16,18H2,1-2H3,(H,28,31)(H,29,30). The Kier molecular flexibility index (Phi) is 8.26. The molecule has 6 heteroatoms. The highest BCUT2D eigenvalue weighted by molar-refractivity contribution is 5.96. The molecule has 3 rings (SSSR count). The lowest BCUT2D eigenvalue weighted by Gasteiger charge is -2.15. The second-order valence-electron chi connectivity index (χ2n) is 7.46. The van der Waals surface area contributed by atoms with Crippen molar-refractivity contribution < 1.29 is 14.3 Å². The van der Waals surface area contributed by atoms with Gasteiger partial charge >= 0.3 is 0 Å². The molecule has 32 heavy (non-hydrogen) atoms. The second-order valence-corrected chi connectivity index (χ2v) is 7.46. The first-order chi connectivity index (χ1) is 15.5. The molecule has 0 aromatic heterocycles. The van der Waals surface area contributed by atoms with Crippen molar-refractivity contribution in [3.05, 3.63) is 90.0 Å². The predicted octanol–water partition coefficient (Wildman–Crippen LogP) is 5.02. The maximum Gasteiger partial charge on any atom is 0.251 e. The molecule has 0 fully saturated rings. The number of rotatable bonds is 10. The van der Waals surface area contributed by atoms with Crippen LogP contribution < -0.4 is 20.7 Å². The molecule has 3 N–H and O–H groups in total. The molecular formula is C26H29N3O3. The second kappa shape index (κ2) is 11.6. The Bertz CT molecular complexity index is 1020. The highest BCUT2D eigenvalue weighted by atomic mass is 16.5. The summed E-state index contributed by atoms with van der Waals surface area (Å²) in [5.41, 5.74) is 2.96. The van der Waals surface area contributed by atoms with Crippen LogP contribution >= 0.6 is 0 Å². The molecule has 0 aliphatic heterocycles. The van der Waals surface area contributed by atoms with Gasteiger partial charge in [0.05, 0.1) is 19.2 Å². The van der Waals surface area contributed by atoms with E-state index in [1.165, 1.54) is 0 Å². The minimum Gasteiger partial charge on any atom is -0.494 e. The van der Waals surface area contributed by atoms with Gasteiger partial charge < -0.3 is 20.7 Å². The van der Waals surface area contributed by atoms with Crippen LogP contribution in [-0.4, -0.2) is 25.0 Å². The fourth-order valence-corrected chi connectivity index (χ4v) is 3.12. The van der Waals surface area contributed by atoms with Gasteiger partial charge in [-0.15, -0.1) is 0 Å². The van der Waals surface area contributed by atoms with Gasteiger partial charge in [0.25, 0.3) is 5.91 Å². The quantitative estimate of drug-likeness (QED) is 0.421. The molecule has 0 aliphatic rings. The van der Waals surface area contributed by atoms with Crippen molar-refractivity contribution in [2.45, 2.75) is 26.3 Å². The van der Waals surface area contributed by atoms with E-state index in [1.54, 1.807) is 18.2 Å². The average Bonchev–Trinajstić information content (AvgIpc) is 2.83. The number of hydrogen-bond acceptors (Lipinski definition) is 4. The van der Waals surface area contributed by atoms with Gasteiger partial charge in [0.1, 0.15) is 5.75 Å². The van der Waals surface area contributed by atoms with Gasteiger partial charge in [-0.3, -0.25) is 9.59 Å². The maximum absolute atomic E-state index is 12.6. The number of ether oxygens (including phenoxy) is 1. The number of carbonyl (C=O) groups is 2. The zero-order valence-electron chi connectivity index (χ0n) is 18.4. The van der Waals surface area contributed by atoms with Gasteiger partial charge in [-0.25, -0.2) is 0 Å². The number of nitrogens with one attached hydrogen (secondary N) is 3. The van der Waals surface area contributed by atoms with Gasteiger partial charge in [0.2, 0.25) is 5.91 Å². The van der Waals surface area contributed by atoms with Crippen molar-refractivity contribution in [2.24, 2.45) is 0 Å². The molecule has 2 amide bonds. The molecule has 0 radical (unpaired) electrons. The van der Waals surface area contributed by atoms with Crippen molar-refractivity contribution >= 4 is 23.2 Å². The minimum absolute atomic E-state index is 0.0829. The van der Waals surface area contributed by atoms with Gasteiger partial charge in [-0.1, -0.05) is 43.3 Å². The normalized spacial score (nSPS) is 11.3. The highest BCUT2D eigenvalue weighted by Gasteiger charge is 2.12. The molecule has 0 heterocycles. The third kappa shape index (κ3) is 6.87. The first-order valence-electron chi connectivity index (χ1n) is 10.8. The lowest BCUT2D eigenvalue weighted by molar-refractivity contribution is -0.114. The third-order valence-electron chi connectivity index (χ3n) is 4.84. The van der Waals surface area contributed by atoms with Crippen LogP contribution in [0.5, 0.6) is 5.75 Å². The fraction of sp³-hybridized carbons (Fsp3) is 0.231. The summed E-state index contributed by atoms with van der Waals surface area (Å²) in [6, 6.07) is 24.1. The van der Waals surface area contributed by atoms with Crippen molar-refractivity contribution in [1.29, 1.82) is 0 Å². The molecule has 0 bridgehead atoms. The van der Waals surface area contributed by atoms with Crippen molar-refractivity contribution in [3.63, 3.8) is 0 Å². The van der Waals surface area contributed by atoms with Crippen LogP contribution in [0.3, 0.4) is 0 Å². The minimum atomic E-state index is -0.181. The average molecular weight is 432 g/mol. The largest absolute Gasteiger partial charge is 0.494 e. The van der Waals surface area contributed by atoms with Crippen molar-refractivity contribution in [1.82, 2.24) is 5.32 Å². The molecule has 3 aromatic rings. The van der Waals surface area contributed by atoms with Gasteiger partial charge in [0.15, 0.2) is 0 Å². The summed E-state index contributed by atoms with van der Waals surface area (Å²) in [6.45, 7) is 4.74. The summed E-state index contributed by atoms with van der Waals surface area (Å²) < 4.78 is 5.54. The van der Waals surface area contributed by atoms with Crippen LogP contribution in [0.2, 0.25) is 0 Å². The Morgan fingerprint density at radius 1 is 0.906 bits per heavy atom. The summed E-state index contributed by atoms with van der Waals surface area (Å²) in [4.78, 5) is 24.9. The van der Waals surface area contributed by atoms with Crippen LogP contribution in [-0.2, 0) is 4.79 Å². The van der Waals surface area contributed by atoms with E-state index < -0.39 is 0 Å². The smallest absolute Gasteiger partial charge is 0.251 e. The Balaban J connectivity index is 1.50. The summed E-state index contributed by atoms with van der Waals surface area (Å²) in [7, 11) is 0. The molecule has 0 spiro atoms. The summed E-state index contributed by atoms with van der Waals surface area (Å²) in [6.07, 6.45) is 0.944. The van der Waals surface area contributed by atoms with Crippen molar-refractivity contribution in [2.75, 3.05) is 23.8 Å². The van der Waals surface area contributed by atoms with Crippen LogP contribution in [0, 0.1) is 0 Å². The molecule has 166 valence electrons. The molecule has 3 aromatic carbocycles. The lowest BCUT2D eigenvalue weighted by Crippen LogP contribution is -2.26. The zero-order chi connectivity index (χ0) is 22.8. The molecular weight excluding hydrogens is 402 g/mol. The molecule has 1 unspecified atom stereocenters. The van der Waals surface area contributed by atoms with Crippen LogP contribution in [0.15, 0.2) is 78.9 Å². The number of carbonyl (C=O) groups excluding carboxylic acids is 2. The number of anilines is 2. The summed E-state index contributed by atoms with van der Waals surface area (Å²) in [5, 5.41) is 8.91. The molecule has 1 atom stereocenters. The molecule has 0 saturated carbocycles. The van der Waals surface area contributed by atoms with Crippen LogP contribution in [0.4, 0.5) is 11.4 Å². The SMILES string of the molecule is CCCOc1ccc(NC(=O)CNc2cccc(C(=O)NC(C)c3ccccc3)c2)cc1. The van der Waals surface area contributed by atoms with E-state index in [9.17, 15) is 9.59 Å². The van der Waals surface area contributed by atoms with E-state index in [0.29, 0.717) is 23.5 Å². The Hall–Kier alpha value is -3.80. The van der Waals surface area contributed by atoms with Gasteiger partial charge in [-0.2, -0.15) is 0 Å². The maximum atomic E-state index is 12.6. The Morgan fingerprint density at radius 3 is 2.38 bits per heavy atom. The lowest BCUT2D eigenvalue weighted by atomic mass is 10.1. The first-order valence-corrected chi connectivity index (χ1v) is 10.8. The van der Waals surface area contributed by atoms with Crippen LogP contribution in [0.25, 0.3) is 0 Å². The van der Waals surface area contributed by atoms with E-state index in [0.717, 1.165) is 17.7 Å². The number of benzene rings is 3. The predicted molar refractivity (Wildman–Crippen MR) is 128 cm³/mol. The summed E-state index contributed by atoms with van der Waals surface area (Å²) >= 11 is 0.